The van der Waals surface area contributed by atoms with Crippen molar-refractivity contribution >= 4 is 50.7 Å². The Morgan fingerprint density at radius 3 is 2.17 bits per heavy atom. The molecule has 5 nitrogen and oxygen atoms in total. The third kappa shape index (κ3) is 5.00. The maximum absolute atomic E-state index is 10.5. The Kier molecular flexibility index (Phi) is 6.62. The molecule has 2 aromatic heterocycles. The molecule has 0 fully saturated rings. The number of non-ortho nitro benzene ring substituents is 1. The second-order valence-electron chi connectivity index (χ2n) is 6.66. The highest BCUT2D eigenvalue weighted by Gasteiger charge is 2.06. The Balaban J connectivity index is 0.000000166. The van der Waals surface area contributed by atoms with Crippen molar-refractivity contribution in [3.05, 3.63) is 87.2 Å². The minimum Gasteiger partial charge on any atom is -0.258 e. The Labute approximate surface area is 178 Å². The van der Waals surface area contributed by atoms with Crippen LogP contribution in [-0.2, 0) is 11.8 Å². The number of nitrogens with zero attached hydrogens (tertiary/aromatic N) is 3. The van der Waals surface area contributed by atoms with Gasteiger partial charge in [-0.15, -0.1) is 23.2 Å². The minimum atomic E-state index is -0.422. The van der Waals surface area contributed by atoms with Gasteiger partial charge < -0.3 is 0 Å². The van der Waals surface area contributed by atoms with E-state index in [1.54, 1.807) is 18.2 Å². The van der Waals surface area contributed by atoms with Crippen LogP contribution in [0.25, 0.3) is 21.8 Å². The van der Waals surface area contributed by atoms with E-state index >= 15 is 0 Å². The highest BCUT2D eigenvalue weighted by atomic mass is 35.5. The number of pyridine rings is 2. The first-order chi connectivity index (χ1) is 13.9. The fourth-order valence-corrected chi connectivity index (χ4v) is 3.35. The summed E-state index contributed by atoms with van der Waals surface area (Å²) >= 11 is 11.4. The van der Waals surface area contributed by atoms with E-state index in [0.717, 1.165) is 27.8 Å². The smallest absolute Gasteiger partial charge is 0.258 e. The Morgan fingerprint density at radius 1 is 0.862 bits per heavy atom. The van der Waals surface area contributed by atoms with Crippen LogP contribution in [0.2, 0.25) is 0 Å². The third-order valence-electron chi connectivity index (χ3n) is 4.40. The van der Waals surface area contributed by atoms with Gasteiger partial charge in [0, 0.05) is 22.9 Å². The average molecular weight is 428 g/mol. The van der Waals surface area contributed by atoms with Crippen molar-refractivity contribution in [1.82, 2.24) is 9.97 Å². The van der Waals surface area contributed by atoms with Crippen LogP contribution in [0.3, 0.4) is 0 Å². The lowest BCUT2D eigenvalue weighted by Crippen LogP contribution is -1.90. The van der Waals surface area contributed by atoms with Crippen molar-refractivity contribution in [2.45, 2.75) is 25.6 Å². The van der Waals surface area contributed by atoms with Crippen LogP contribution >= 0.6 is 23.2 Å². The number of aromatic nitrogens is 2. The van der Waals surface area contributed by atoms with Gasteiger partial charge in [0.25, 0.3) is 5.69 Å². The SMILES string of the molecule is Cc1cc(C)c2nc(CCl)ccc2c1.O=[N+]([O-])c1ccc2nc(CCl)ccc2c1. The molecule has 0 saturated heterocycles. The molecule has 0 amide bonds. The van der Waals surface area contributed by atoms with Crippen LogP contribution in [-0.4, -0.2) is 14.9 Å². The van der Waals surface area contributed by atoms with Gasteiger partial charge in [0.1, 0.15) is 0 Å². The van der Waals surface area contributed by atoms with E-state index in [-0.39, 0.29) is 5.69 Å². The zero-order valence-corrected chi connectivity index (χ0v) is 17.5. The summed E-state index contributed by atoms with van der Waals surface area (Å²) in [4.78, 5) is 18.9. The standard InChI is InChI=1S/C12H12ClN.C10H7ClN2O2/c1-8-5-9(2)12-10(6-8)3-4-11(7-13)14-12;11-6-8-2-1-7-5-9(13(14)15)3-4-10(7)12-8/h3-6H,7H2,1-2H3;1-5H,6H2. The summed E-state index contributed by atoms with van der Waals surface area (Å²) in [6.45, 7) is 4.18. The van der Waals surface area contributed by atoms with Gasteiger partial charge in [-0.1, -0.05) is 23.8 Å². The summed E-state index contributed by atoms with van der Waals surface area (Å²) in [5.74, 6) is 0.816. The molecule has 7 heteroatoms. The van der Waals surface area contributed by atoms with Gasteiger partial charge in [-0.3, -0.25) is 20.1 Å². The van der Waals surface area contributed by atoms with Crippen molar-refractivity contribution in [2.75, 3.05) is 0 Å². The molecule has 29 heavy (non-hydrogen) atoms. The van der Waals surface area contributed by atoms with Crippen LogP contribution in [0.4, 0.5) is 5.69 Å². The molecule has 4 aromatic rings. The van der Waals surface area contributed by atoms with Crippen molar-refractivity contribution in [2.24, 2.45) is 0 Å². The van der Waals surface area contributed by atoms with E-state index < -0.39 is 4.92 Å². The normalized spacial score (nSPS) is 10.6. The van der Waals surface area contributed by atoms with E-state index in [1.165, 1.54) is 28.6 Å². The van der Waals surface area contributed by atoms with Gasteiger partial charge in [0.15, 0.2) is 0 Å². The molecule has 0 saturated carbocycles. The molecule has 0 aliphatic rings. The Morgan fingerprint density at radius 2 is 1.52 bits per heavy atom. The maximum Gasteiger partial charge on any atom is 0.270 e. The zero-order valence-electron chi connectivity index (χ0n) is 16.0. The molecule has 2 aromatic carbocycles. The fourth-order valence-electron chi connectivity index (χ4n) is 3.06. The van der Waals surface area contributed by atoms with Crippen molar-refractivity contribution in [3.63, 3.8) is 0 Å². The lowest BCUT2D eigenvalue weighted by Gasteiger charge is -2.04. The molecule has 0 aliphatic carbocycles. The highest BCUT2D eigenvalue weighted by Crippen LogP contribution is 2.20. The summed E-state index contributed by atoms with van der Waals surface area (Å²) in [5, 5.41) is 12.5. The molecule has 0 atom stereocenters. The van der Waals surface area contributed by atoms with Crippen LogP contribution in [0.15, 0.2) is 54.6 Å². The van der Waals surface area contributed by atoms with E-state index in [4.69, 9.17) is 23.2 Å². The number of hydrogen-bond acceptors (Lipinski definition) is 4. The molecule has 0 spiro atoms. The summed E-state index contributed by atoms with van der Waals surface area (Å²) in [6, 6.07) is 16.5. The van der Waals surface area contributed by atoms with Crippen molar-refractivity contribution in [1.29, 1.82) is 0 Å². The van der Waals surface area contributed by atoms with E-state index in [0.29, 0.717) is 11.8 Å². The summed E-state index contributed by atoms with van der Waals surface area (Å²) in [6.07, 6.45) is 0. The van der Waals surface area contributed by atoms with E-state index in [2.05, 4.69) is 42.0 Å². The Hall–Kier alpha value is -2.76. The number of hydrogen-bond donors (Lipinski definition) is 0. The average Bonchev–Trinajstić information content (AvgIpc) is 2.73. The van der Waals surface area contributed by atoms with Crippen molar-refractivity contribution < 1.29 is 4.92 Å². The number of fused-ring (bicyclic) bond motifs is 2. The molecule has 0 aliphatic heterocycles. The minimum absolute atomic E-state index is 0.0722. The molecule has 2 heterocycles. The van der Waals surface area contributed by atoms with Crippen LogP contribution in [0.1, 0.15) is 22.5 Å². The third-order valence-corrected chi connectivity index (χ3v) is 4.95. The molecular weight excluding hydrogens is 409 g/mol. The molecule has 148 valence electrons. The van der Waals surface area contributed by atoms with Gasteiger partial charge in [-0.2, -0.15) is 0 Å². The number of aryl methyl sites for hydroxylation is 2. The quantitative estimate of drug-likeness (QED) is 0.213. The fraction of sp³-hybridized carbons (Fsp3) is 0.182. The molecule has 4 rings (SSSR count). The predicted molar refractivity (Wildman–Crippen MR) is 119 cm³/mol. The largest absolute Gasteiger partial charge is 0.270 e. The summed E-state index contributed by atoms with van der Waals surface area (Å²) in [5.41, 5.74) is 6.04. The second kappa shape index (κ2) is 9.16. The highest BCUT2D eigenvalue weighted by molar-refractivity contribution is 6.17. The van der Waals surface area contributed by atoms with Gasteiger partial charge in [0.05, 0.1) is 39.1 Å². The zero-order chi connectivity index (χ0) is 21.0. The molecular formula is C22H19Cl2N3O2. The number of nitro groups is 1. The monoisotopic (exact) mass is 427 g/mol. The molecule has 0 radical (unpaired) electrons. The van der Waals surface area contributed by atoms with Gasteiger partial charge in [-0.05, 0) is 43.7 Å². The van der Waals surface area contributed by atoms with Crippen LogP contribution in [0.5, 0.6) is 0 Å². The summed E-state index contributed by atoms with van der Waals surface area (Å²) < 4.78 is 0. The predicted octanol–water partition coefficient (Wildman–Crippen LogP) is 6.47. The lowest BCUT2D eigenvalue weighted by atomic mass is 10.1. The first-order valence-corrected chi connectivity index (χ1v) is 10.0. The van der Waals surface area contributed by atoms with Gasteiger partial charge in [0.2, 0.25) is 0 Å². The number of halogens is 2. The number of benzene rings is 2. The van der Waals surface area contributed by atoms with E-state index in [9.17, 15) is 10.1 Å². The first kappa shape index (κ1) is 21.0. The Bertz CT molecular complexity index is 1200. The lowest BCUT2D eigenvalue weighted by molar-refractivity contribution is -0.384. The summed E-state index contributed by atoms with van der Waals surface area (Å²) in [7, 11) is 0. The van der Waals surface area contributed by atoms with Crippen molar-refractivity contribution in [3.8, 4) is 0 Å². The van der Waals surface area contributed by atoms with Gasteiger partial charge >= 0.3 is 0 Å². The maximum atomic E-state index is 10.5. The number of alkyl halides is 2. The molecule has 0 unspecified atom stereocenters. The van der Waals surface area contributed by atoms with E-state index in [1.807, 2.05) is 6.07 Å². The molecule has 0 N–H and O–H groups in total. The molecule has 0 bridgehead atoms. The number of nitro benzene ring substituents is 1. The topological polar surface area (TPSA) is 68.9 Å². The van der Waals surface area contributed by atoms with Gasteiger partial charge in [-0.25, -0.2) is 0 Å². The first-order valence-electron chi connectivity index (χ1n) is 8.94. The second-order valence-corrected chi connectivity index (χ2v) is 7.19. The van der Waals surface area contributed by atoms with Crippen LogP contribution < -0.4 is 0 Å². The number of rotatable bonds is 3. The van der Waals surface area contributed by atoms with Crippen LogP contribution in [0, 0.1) is 24.0 Å².